The number of hydrogen-bond acceptors (Lipinski definition) is 5. The summed E-state index contributed by atoms with van der Waals surface area (Å²) in [6.07, 6.45) is 1.24. The molecule has 1 aromatic rings. The lowest BCUT2D eigenvalue weighted by molar-refractivity contribution is -0.133. The van der Waals surface area contributed by atoms with Crippen molar-refractivity contribution in [2.75, 3.05) is 23.3 Å². The number of piperidine rings is 1. The zero-order valence-electron chi connectivity index (χ0n) is 15.4. The number of hydrogen-bond donors (Lipinski definition) is 3. The van der Waals surface area contributed by atoms with E-state index in [4.69, 9.17) is 0 Å². The van der Waals surface area contributed by atoms with Crippen LogP contribution in [0.15, 0.2) is 18.2 Å². The normalized spacial score (nSPS) is 26.8. The number of halogens is 1. The molecule has 0 spiro atoms. The first kappa shape index (κ1) is 18.6. The minimum absolute atomic E-state index is 0.267. The Morgan fingerprint density at radius 3 is 2.65 bits per heavy atom. The Balaban J connectivity index is 1.71. The van der Waals surface area contributed by atoms with Crippen LogP contribution in [0.25, 0.3) is 0 Å². The van der Waals surface area contributed by atoms with Crippen LogP contribution in [0.3, 0.4) is 0 Å². The van der Waals surface area contributed by atoms with E-state index >= 15 is 0 Å². The maximum Gasteiger partial charge on any atom is 0.249 e. The van der Waals surface area contributed by atoms with Crippen molar-refractivity contribution < 1.29 is 19.1 Å². The molecule has 1 aromatic carbocycles. The Kier molecular flexibility index (Phi) is 4.69. The molecule has 2 amide bonds. The Bertz CT molecular complexity index is 731. The molecular weight excluding hydrogens is 337 g/mol. The molecule has 3 rings (SSSR count). The topological polar surface area (TPSA) is 81.7 Å². The minimum Gasteiger partial charge on any atom is -0.387 e. The molecule has 2 atom stereocenters. The summed E-state index contributed by atoms with van der Waals surface area (Å²) in [6, 6.07) is 4.19. The molecule has 0 aromatic heterocycles. The van der Waals surface area contributed by atoms with Gasteiger partial charge in [-0.15, -0.1) is 0 Å². The average Bonchev–Trinajstić information content (AvgIpc) is 2.93. The third kappa shape index (κ3) is 3.53. The van der Waals surface area contributed by atoms with E-state index in [0.29, 0.717) is 37.3 Å². The van der Waals surface area contributed by atoms with Gasteiger partial charge in [0.2, 0.25) is 11.8 Å². The summed E-state index contributed by atoms with van der Waals surface area (Å²) in [5, 5.41) is 16.1. The fourth-order valence-corrected chi connectivity index (χ4v) is 3.50. The number of aliphatic hydroxyl groups is 1. The number of amides is 2. The van der Waals surface area contributed by atoms with Gasteiger partial charge < -0.3 is 15.3 Å². The maximum absolute atomic E-state index is 14.6. The molecule has 26 heavy (non-hydrogen) atoms. The molecule has 2 saturated heterocycles. The van der Waals surface area contributed by atoms with Crippen molar-refractivity contribution in [2.24, 2.45) is 5.41 Å². The molecule has 3 N–H and O–H groups in total. The first-order chi connectivity index (χ1) is 12.1. The molecule has 6 nitrogen and oxygen atoms in total. The molecule has 7 heteroatoms. The summed E-state index contributed by atoms with van der Waals surface area (Å²) in [7, 11) is 0. The lowest BCUT2D eigenvalue weighted by atomic mass is 9.76. The SMILES string of the molecule is CC(C)(C)C1(O)CCN(c2ccc(NC3CCC(=O)NC3=O)cc2F)C1. The Morgan fingerprint density at radius 1 is 1.35 bits per heavy atom. The van der Waals surface area contributed by atoms with Gasteiger partial charge in [-0.05, 0) is 36.5 Å². The van der Waals surface area contributed by atoms with Crippen LogP contribution in [-0.2, 0) is 9.59 Å². The van der Waals surface area contributed by atoms with Gasteiger partial charge in [0.05, 0.1) is 11.3 Å². The zero-order valence-corrected chi connectivity index (χ0v) is 15.4. The first-order valence-corrected chi connectivity index (χ1v) is 8.96. The molecule has 2 unspecified atom stereocenters. The van der Waals surface area contributed by atoms with Gasteiger partial charge in [-0.2, -0.15) is 0 Å². The second-order valence-electron chi connectivity index (χ2n) is 8.27. The quantitative estimate of drug-likeness (QED) is 0.716. The predicted molar refractivity (Wildman–Crippen MR) is 97.4 cm³/mol. The Hall–Kier alpha value is -2.15. The average molecular weight is 363 g/mol. The summed E-state index contributed by atoms with van der Waals surface area (Å²) >= 11 is 0. The van der Waals surface area contributed by atoms with Crippen LogP contribution in [-0.4, -0.2) is 41.7 Å². The highest BCUT2D eigenvalue weighted by Crippen LogP contribution is 2.40. The number of rotatable bonds is 3. The summed E-state index contributed by atoms with van der Waals surface area (Å²) in [5.74, 6) is -1.07. The number of β-amino-alcohol motifs (C(OH)–C–C–N with tert-alkyl or cyclic N) is 1. The van der Waals surface area contributed by atoms with Gasteiger partial charge in [-0.1, -0.05) is 20.8 Å². The molecule has 2 aliphatic heterocycles. The number of carbonyl (C=O) groups excluding carboxylic acids is 2. The first-order valence-electron chi connectivity index (χ1n) is 8.96. The molecule has 0 aliphatic carbocycles. The molecule has 2 heterocycles. The summed E-state index contributed by atoms with van der Waals surface area (Å²) in [4.78, 5) is 24.9. The second kappa shape index (κ2) is 6.54. The van der Waals surface area contributed by atoms with Gasteiger partial charge in [-0.3, -0.25) is 14.9 Å². The highest BCUT2D eigenvalue weighted by atomic mass is 19.1. The third-order valence-electron chi connectivity index (χ3n) is 5.51. The summed E-state index contributed by atoms with van der Waals surface area (Å²) < 4.78 is 14.6. The minimum atomic E-state index is -0.858. The number of nitrogens with one attached hydrogen (secondary N) is 2. The summed E-state index contributed by atoms with van der Waals surface area (Å²) in [6.45, 7) is 6.93. The van der Waals surface area contributed by atoms with Crippen LogP contribution in [0, 0.1) is 11.2 Å². The molecule has 142 valence electrons. The monoisotopic (exact) mass is 363 g/mol. The summed E-state index contributed by atoms with van der Waals surface area (Å²) in [5.41, 5.74) is -0.209. The Morgan fingerprint density at radius 2 is 2.08 bits per heavy atom. The van der Waals surface area contributed by atoms with Gasteiger partial charge in [0.15, 0.2) is 0 Å². The van der Waals surface area contributed by atoms with Crippen LogP contribution in [0.4, 0.5) is 15.8 Å². The number of benzene rings is 1. The lowest BCUT2D eigenvalue weighted by Crippen LogP contribution is -2.47. The number of imide groups is 1. The van der Waals surface area contributed by atoms with E-state index in [1.165, 1.54) is 6.07 Å². The van der Waals surface area contributed by atoms with E-state index in [1.807, 2.05) is 25.7 Å². The van der Waals surface area contributed by atoms with Crippen molar-refractivity contribution in [3.05, 3.63) is 24.0 Å². The molecule has 2 fully saturated rings. The van der Waals surface area contributed by atoms with Crippen LogP contribution in [0.1, 0.15) is 40.0 Å². The largest absolute Gasteiger partial charge is 0.387 e. The van der Waals surface area contributed by atoms with Crippen molar-refractivity contribution in [1.29, 1.82) is 0 Å². The van der Waals surface area contributed by atoms with Crippen LogP contribution < -0.4 is 15.5 Å². The van der Waals surface area contributed by atoms with Crippen molar-refractivity contribution in [1.82, 2.24) is 5.32 Å². The smallest absolute Gasteiger partial charge is 0.249 e. The fraction of sp³-hybridized carbons (Fsp3) is 0.579. The van der Waals surface area contributed by atoms with E-state index in [2.05, 4.69) is 10.6 Å². The van der Waals surface area contributed by atoms with Crippen molar-refractivity contribution in [3.8, 4) is 0 Å². The van der Waals surface area contributed by atoms with Crippen LogP contribution in [0.2, 0.25) is 0 Å². The van der Waals surface area contributed by atoms with Gasteiger partial charge in [-0.25, -0.2) is 4.39 Å². The van der Waals surface area contributed by atoms with Gasteiger partial charge >= 0.3 is 0 Å². The van der Waals surface area contributed by atoms with Gasteiger partial charge in [0, 0.05) is 25.2 Å². The standard InChI is InChI=1S/C19H26FN3O3/c1-18(2,3)19(26)8-9-23(11-19)15-6-4-12(10-13(15)20)21-14-5-7-16(24)22-17(14)25/h4,6,10,14,21,26H,5,7-9,11H2,1-3H3,(H,22,24,25). The maximum atomic E-state index is 14.6. The molecule has 0 bridgehead atoms. The highest BCUT2D eigenvalue weighted by Gasteiger charge is 2.45. The number of nitrogens with zero attached hydrogens (tertiary/aromatic N) is 1. The molecule has 2 aliphatic rings. The van der Waals surface area contributed by atoms with E-state index in [0.717, 1.165) is 0 Å². The van der Waals surface area contributed by atoms with Crippen molar-refractivity contribution in [3.63, 3.8) is 0 Å². The van der Waals surface area contributed by atoms with Crippen LogP contribution >= 0.6 is 0 Å². The van der Waals surface area contributed by atoms with E-state index in [-0.39, 0.29) is 23.7 Å². The van der Waals surface area contributed by atoms with Gasteiger partial charge in [0.25, 0.3) is 0 Å². The predicted octanol–water partition coefficient (Wildman–Crippen LogP) is 2.03. The van der Waals surface area contributed by atoms with Crippen LogP contribution in [0.5, 0.6) is 0 Å². The van der Waals surface area contributed by atoms with Gasteiger partial charge in [0.1, 0.15) is 11.9 Å². The fourth-order valence-electron chi connectivity index (χ4n) is 3.50. The highest BCUT2D eigenvalue weighted by molar-refractivity contribution is 6.01. The molecular formula is C19H26FN3O3. The van der Waals surface area contributed by atoms with Crippen molar-refractivity contribution in [2.45, 2.75) is 51.7 Å². The molecule has 0 radical (unpaired) electrons. The third-order valence-corrected chi connectivity index (χ3v) is 5.51. The molecule has 0 saturated carbocycles. The second-order valence-corrected chi connectivity index (χ2v) is 8.27. The van der Waals surface area contributed by atoms with Crippen molar-refractivity contribution >= 4 is 23.2 Å². The van der Waals surface area contributed by atoms with E-state index in [9.17, 15) is 19.1 Å². The number of carbonyl (C=O) groups is 2. The number of anilines is 2. The lowest BCUT2D eigenvalue weighted by Gasteiger charge is -2.37. The Labute approximate surface area is 152 Å². The van der Waals surface area contributed by atoms with E-state index < -0.39 is 17.5 Å². The van der Waals surface area contributed by atoms with E-state index in [1.54, 1.807) is 12.1 Å². The zero-order chi connectivity index (χ0) is 19.1.